The molecule has 25 heavy (non-hydrogen) atoms. The SMILES string of the molecule is CCN(C)C=Nc1cc(Br)c(OC2CCc3ccccc3C2)nc1C. The van der Waals surface area contributed by atoms with Crippen LogP contribution in [-0.4, -0.2) is 35.9 Å². The normalized spacial score (nSPS) is 16.7. The topological polar surface area (TPSA) is 37.7 Å². The lowest BCUT2D eigenvalue weighted by Gasteiger charge is -2.25. The lowest BCUT2D eigenvalue weighted by Crippen LogP contribution is -2.25. The number of benzene rings is 1. The molecule has 1 aliphatic carbocycles. The van der Waals surface area contributed by atoms with Gasteiger partial charge in [0.05, 0.1) is 22.2 Å². The first-order valence-electron chi connectivity index (χ1n) is 8.71. The summed E-state index contributed by atoms with van der Waals surface area (Å²) in [5.74, 6) is 0.657. The minimum absolute atomic E-state index is 0.165. The maximum absolute atomic E-state index is 6.21. The lowest BCUT2D eigenvalue weighted by atomic mass is 9.90. The number of rotatable bonds is 5. The largest absolute Gasteiger partial charge is 0.473 e. The van der Waals surface area contributed by atoms with Crippen molar-refractivity contribution in [2.75, 3.05) is 13.6 Å². The van der Waals surface area contributed by atoms with Gasteiger partial charge in [-0.3, -0.25) is 0 Å². The summed E-state index contributed by atoms with van der Waals surface area (Å²) in [4.78, 5) is 11.2. The molecule has 1 aliphatic rings. The number of aromatic nitrogens is 1. The van der Waals surface area contributed by atoms with Gasteiger partial charge in [-0.15, -0.1) is 0 Å². The van der Waals surface area contributed by atoms with Crippen molar-refractivity contribution < 1.29 is 4.74 Å². The zero-order valence-corrected chi connectivity index (χ0v) is 16.6. The van der Waals surface area contributed by atoms with Crippen LogP contribution in [0, 0.1) is 6.92 Å². The van der Waals surface area contributed by atoms with Gasteiger partial charge in [0.15, 0.2) is 0 Å². The molecule has 5 heteroatoms. The Morgan fingerprint density at radius 3 is 2.88 bits per heavy atom. The summed E-state index contributed by atoms with van der Waals surface area (Å²) in [6.07, 6.45) is 5.01. The predicted molar refractivity (Wildman–Crippen MR) is 106 cm³/mol. The van der Waals surface area contributed by atoms with E-state index in [-0.39, 0.29) is 6.10 Å². The van der Waals surface area contributed by atoms with Crippen LogP contribution in [0.1, 0.15) is 30.2 Å². The molecule has 132 valence electrons. The fourth-order valence-corrected chi connectivity index (χ4v) is 3.33. The molecule has 0 radical (unpaired) electrons. The van der Waals surface area contributed by atoms with E-state index in [9.17, 15) is 0 Å². The van der Waals surface area contributed by atoms with Gasteiger partial charge in [0.1, 0.15) is 6.10 Å². The maximum Gasteiger partial charge on any atom is 0.228 e. The van der Waals surface area contributed by atoms with Gasteiger partial charge in [-0.05, 0) is 59.8 Å². The highest BCUT2D eigenvalue weighted by Crippen LogP contribution is 2.32. The van der Waals surface area contributed by atoms with Gasteiger partial charge >= 0.3 is 0 Å². The second kappa shape index (κ2) is 8.00. The molecule has 1 atom stereocenters. The summed E-state index contributed by atoms with van der Waals surface area (Å²) in [7, 11) is 2.00. The van der Waals surface area contributed by atoms with E-state index in [0.717, 1.165) is 41.7 Å². The van der Waals surface area contributed by atoms with Gasteiger partial charge in [-0.25, -0.2) is 9.98 Å². The monoisotopic (exact) mass is 401 g/mol. The molecule has 0 amide bonds. The van der Waals surface area contributed by atoms with Crippen molar-refractivity contribution in [3.63, 3.8) is 0 Å². The standard InChI is InChI=1S/C20H24BrN3O/c1-4-24(3)13-22-19-12-18(21)20(23-14(19)2)25-17-10-9-15-7-5-6-8-16(15)11-17/h5-8,12-13,17H,4,9-11H2,1-3H3. The van der Waals surface area contributed by atoms with Gasteiger partial charge in [-0.2, -0.15) is 0 Å². The van der Waals surface area contributed by atoms with Crippen molar-refractivity contribution in [1.29, 1.82) is 0 Å². The molecule has 0 spiro atoms. The molecular weight excluding hydrogens is 378 g/mol. The highest BCUT2D eigenvalue weighted by Gasteiger charge is 2.21. The second-order valence-electron chi connectivity index (χ2n) is 6.45. The van der Waals surface area contributed by atoms with Crippen molar-refractivity contribution in [1.82, 2.24) is 9.88 Å². The number of aryl methyl sites for hydroxylation is 2. The van der Waals surface area contributed by atoms with Crippen LogP contribution in [0.4, 0.5) is 5.69 Å². The van der Waals surface area contributed by atoms with E-state index in [0.29, 0.717) is 5.88 Å². The average molecular weight is 402 g/mol. The Morgan fingerprint density at radius 1 is 1.36 bits per heavy atom. The Hall–Kier alpha value is -1.88. The highest BCUT2D eigenvalue weighted by molar-refractivity contribution is 9.10. The number of aliphatic imine (C=N–C) groups is 1. The number of nitrogens with zero attached hydrogens (tertiary/aromatic N) is 3. The molecule has 0 saturated heterocycles. The minimum atomic E-state index is 0.165. The Labute approximate surface area is 158 Å². The van der Waals surface area contributed by atoms with Crippen LogP contribution in [0.25, 0.3) is 0 Å². The van der Waals surface area contributed by atoms with Crippen molar-refractivity contribution in [2.24, 2.45) is 4.99 Å². The van der Waals surface area contributed by atoms with E-state index < -0.39 is 0 Å². The fraction of sp³-hybridized carbons (Fsp3) is 0.400. The predicted octanol–water partition coefficient (Wildman–Crippen LogP) is 4.70. The first-order chi connectivity index (χ1) is 12.1. The molecule has 2 aromatic rings. The number of hydrogen-bond donors (Lipinski definition) is 0. The van der Waals surface area contributed by atoms with Gasteiger partial charge in [-0.1, -0.05) is 24.3 Å². The quantitative estimate of drug-likeness (QED) is 0.538. The molecule has 0 N–H and O–H groups in total. The van der Waals surface area contributed by atoms with Gasteiger partial charge in [0, 0.05) is 20.0 Å². The molecule has 1 unspecified atom stereocenters. The van der Waals surface area contributed by atoms with Crippen LogP contribution >= 0.6 is 15.9 Å². The van der Waals surface area contributed by atoms with E-state index in [1.165, 1.54) is 11.1 Å². The number of hydrogen-bond acceptors (Lipinski definition) is 3. The third-order valence-electron chi connectivity index (χ3n) is 4.58. The van der Waals surface area contributed by atoms with Gasteiger partial charge in [0.25, 0.3) is 0 Å². The van der Waals surface area contributed by atoms with E-state index in [4.69, 9.17) is 4.74 Å². The molecule has 3 rings (SSSR count). The molecule has 0 bridgehead atoms. The first kappa shape index (κ1) is 17.9. The fourth-order valence-electron chi connectivity index (χ4n) is 2.93. The van der Waals surface area contributed by atoms with E-state index in [1.54, 1.807) is 0 Å². The third kappa shape index (κ3) is 4.40. The highest BCUT2D eigenvalue weighted by atomic mass is 79.9. The number of ether oxygens (including phenoxy) is 1. The van der Waals surface area contributed by atoms with Crippen LogP contribution in [0.5, 0.6) is 5.88 Å². The number of fused-ring (bicyclic) bond motifs is 1. The van der Waals surface area contributed by atoms with E-state index >= 15 is 0 Å². The van der Waals surface area contributed by atoms with Crippen molar-refractivity contribution in [2.45, 2.75) is 39.2 Å². The molecule has 0 saturated carbocycles. The summed E-state index contributed by atoms with van der Waals surface area (Å²) in [6, 6.07) is 10.6. The Balaban J connectivity index is 1.73. The zero-order chi connectivity index (χ0) is 17.8. The van der Waals surface area contributed by atoms with E-state index in [1.807, 2.05) is 31.3 Å². The van der Waals surface area contributed by atoms with Crippen LogP contribution in [0.2, 0.25) is 0 Å². The third-order valence-corrected chi connectivity index (χ3v) is 5.15. The van der Waals surface area contributed by atoms with E-state index in [2.05, 4.69) is 57.1 Å². The molecule has 0 fully saturated rings. The summed E-state index contributed by atoms with van der Waals surface area (Å²) in [5.41, 5.74) is 4.55. The van der Waals surface area contributed by atoms with Crippen molar-refractivity contribution >= 4 is 28.0 Å². The van der Waals surface area contributed by atoms with Gasteiger partial charge < -0.3 is 9.64 Å². The first-order valence-corrected chi connectivity index (χ1v) is 9.51. The molecule has 1 heterocycles. The molecular formula is C20H24BrN3O. The molecule has 4 nitrogen and oxygen atoms in total. The number of halogens is 1. The molecule has 0 aliphatic heterocycles. The van der Waals surface area contributed by atoms with Crippen LogP contribution < -0.4 is 4.74 Å². The zero-order valence-electron chi connectivity index (χ0n) is 15.0. The lowest BCUT2D eigenvalue weighted by molar-refractivity contribution is 0.175. The van der Waals surface area contributed by atoms with Crippen molar-refractivity contribution in [3.05, 3.63) is 51.6 Å². The summed E-state index contributed by atoms with van der Waals surface area (Å²) >= 11 is 3.59. The summed E-state index contributed by atoms with van der Waals surface area (Å²) < 4.78 is 7.06. The minimum Gasteiger partial charge on any atom is -0.473 e. The van der Waals surface area contributed by atoms with Crippen LogP contribution in [-0.2, 0) is 12.8 Å². The second-order valence-corrected chi connectivity index (χ2v) is 7.30. The Kier molecular flexibility index (Phi) is 5.74. The average Bonchev–Trinajstić information content (AvgIpc) is 2.63. The van der Waals surface area contributed by atoms with Crippen LogP contribution in [0.15, 0.2) is 39.8 Å². The Bertz CT molecular complexity index is 776. The maximum atomic E-state index is 6.21. The Morgan fingerprint density at radius 2 is 2.12 bits per heavy atom. The summed E-state index contributed by atoms with van der Waals surface area (Å²) in [5, 5.41) is 0. The van der Waals surface area contributed by atoms with Gasteiger partial charge in [0.2, 0.25) is 5.88 Å². The smallest absolute Gasteiger partial charge is 0.228 e. The summed E-state index contributed by atoms with van der Waals surface area (Å²) in [6.45, 7) is 4.97. The molecule has 1 aromatic carbocycles. The van der Waals surface area contributed by atoms with Crippen LogP contribution in [0.3, 0.4) is 0 Å². The molecule has 1 aromatic heterocycles. The van der Waals surface area contributed by atoms with Crippen molar-refractivity contribution in [3.8, 4) is 5.88 Å². The number of pyridine rings is 1.